The molecule has 1 atom stereocenters. The standard InChI is InChI=1S/C20H27NO5/c1-4-10-25-15-17(22)13-21(14-18-8-6-11-26-18)12-16-7-5-9-19(23-2)20(16)24-3/h4-9,11,17,22H,1,10,12-15H2,2-3H3. The maximum Gasteiger partial charge on any atom is 0.165 e. The lowest BCUT2D eigenvalue weighted by atomic mass is 10.1. The van der Waals surface area contributed by atoms with Gasteiger partial charge in [-0.2, -0.15) is 0 Å². The fourth-order valence-electron chi connectivity index (χ4n) is 2.77. The smallest absolute Gasteiger partial charge is 0.165 e. The zero-order valence-corrected chi connectivity index (χ0v) is 15.4. The maximum atomic E-state index is 10.3. The Morgan fingerprint density at radius 3 is 2.69 bits per heavy atom. The molecule has 1 N–H and O–H groups in total. The third-order valence-electron chi connectivity index (χ3n) is 3.85. The van der Waals surface area contributed by atoms with E-state index in [0.717, 1.165) is 11.3 Å². The Morgan fingerprint density at radius 1 is 1.19 bits per heavy atom. The van der Waals surface area contributed by atoms with Crippen LogP contribution in [-0.2, 0) is 17.8 Å². The number of furan rings is 1. The molecule has 0 bridgehead atoms. The van der Waals surface area contributed by atoms with Gasteiger partial charge >= 0.3 is 0 Å². The van der Waals surface area contributed by atoms with Crippen LogP contribution >= 0.6 is 0 Å². The highest BCUT2D eigenvalue weighted by molar-refractivity contribution is 5.46. The number of hydrogen-bond acceptors (Lipinski definition) is 6. The molecule has 0 aliphatic carbocycles. The fraction of sp³-hybridized carbons (Fsp3) is 0.400. The molecule has 1 aromatic heterocycles. The van der Waals surface area contributed by atoms with Gasteiger partial charge in [0.2, 0.25) is 0 Å². The summed E-state index contributed by atoms with van der Waals surface area (Å²) in [6.45, 7) is 5.83. The molecule has 1 unspecified atom stereocenters. The molecule has 26 heavy (non-hydrogen) atoms. The van der Waals surface area contributed by atoms with E-state index in [-0.39, 0.29) is 6.61 Å². The van der Waals surface area contributed by atoms with Crippen LogP contribution in [0.5, 0.6) is 11.5 Å². The van der Waals surface area contributed by atoms with Crippen molar-refractivity contribution in [1.82, 2.24) is 4.90 Å². The van der Waals surface area contributed by atoms with Gasteiger partial charge in [-0.1, -0.05) is 18.2 Å². The van der Waals surface area contributed by atoms with Gasteiger partial charge in [-0.15, -0.1) is 6.58 Å². The summed E-state index contributed by atoms with van der Waals surface area (Å²) in [6, 6.07) is 9.53. The molecule has 0 aliphatic heterocycles. The predicted molar refractivity (Wildman–Crippen MR) is 99.4 cm³/mol. The van der Waals surface area contributed by atoms with Gasteiger partial charge in [-0.3, -0.25) is 4.90 Å². The van der Waals surface area contributed by atoms with Crippen molar-refractivity contribution in [3.63, 3.8) is 0 Å². The van der Waals surface area contributed by atoms with Crippen LogP contribution in [0.2, 0.25) is 0 Å². The van der Waals surface area contributed by atoms with Gasteiger partial charge in [-0.25, -0.2) is 0 Å². The summed E-state index contributed by atoms with van der Waals surface area (Å²) in [7, 11) is 3.24. The molecule has 6 nitrogen and oxygen atoms in total. The van der Waals surface area contributed by atoms with Gasteiger partial charge in [0.05, 0.1) is 46.3 Å². The van der Waals surface area contributed by atoms with Crippen LogP contribution in [0.3, 0.4) is 0 Å². The third kappa shape index (κ3) is 5.91. The molecular weight excluding hydrogens is 334 g/mol. The highest BCUT2D eigenvalue weighted by Crippen LogP contribution is 2.31. The van der Waals surface area contributed by atoms with E-state index in [1.807, 2.05) is 30.3 Å². The maximum absolute atomic E-state index is 10.3. The molecule has 2 aromatic rings. The molecule has 1 aromatic carbocycles. The van der Waals surface area contributed by atoms with E-state index in [1.54, 1.807) is 26.6 Å². The van der Waals surface area contributed by atoms with Gasteiger partial charge in [0.1, 0.15) is 5.76 Å². The van der Waals surface area contributed by atoms with Crippen LogP contribution in [-0.4, -0.2) is 50.1 Å². The van der Waals surface area contributed by atoms with Crippen molar-refractivity contribution >= 4 is 0 Å². The molecule has 0 aliphatic rings. The zero-order chi connectivity index (χ0) is 18.8. The van der Waals surface area contributed by atoms with Crippen LogP contribution in [0.4, 0.5) is 0 Å². The van der Waals surface area contributed by atoms with Crippen molar-refractivity contribution in [3.8, 4) is 11.5 Å². The Morgan fingerprint density at radius 2 is 2.04 bits per heavy atom. The number of aliphatic hydroxyl groups excluding tert-OH is 1. The van der Waals surface area contributed by atoms with Gasteiger partial charge in [0.25, 0.3) is 0 Å². The van der Waals surface area contributed by atoms with E-state index in [2.05, 4.69) is 11.5 Å². The number of ether oxygens (including phenoxy) is 3. The Hall–Kier alpha value is -2.28. The van der Waals surface area contributed by atoms with Crippen LogP contribution in [0, 0.1) is 0 Å². The number of methoxy groups -OCH3 is 2. The molecule has 6 heteroatoms. The minimum Gasteiger partial charge on any atom is -0.493 e. The SMILES string of the molecule is C=CCOCC(O)CN(Cc1ccco1)Cc1cccc(OC)c1OC. The van der Waals surface area contributed by atoms with Crippen molar-refractivity contribution < 1.29 is 23.7 Å². The molecule has 0 fully saturated rings. The summed E-state index contributed by atoms with van der Waals surface area (Å²) in [6.07, 6.45) is 2.68. The third-order valence-corrected chi connectivity index (χ3v) is 3.85. The first kappa shape index (κ1) is 20.0. The lowest BCUT2D eigenvalue weighted by Crippen LogP contribution is -2.34. The summed E-state index contributed by atoms with van der Waals surface area (Å²) >= 11 is 0. The molecule has 0 saturated heterocycles. The number of para-hydroxylation sites is 1. The topological polar surface area (TPSA) is 64.3 Å². The summed E-state index contributed by atoms with van der Waals surface area (Å²) in [5.74, 6) is 2.20. The van der Waals surface area contributed by atoms with Crippen LogP contribution in [0.1, 0.15) is 11.3 Å². The van der Waals surface area contributed by atoms with Gasteiger partial charge in [0.15, 0.2) is 11.5 Å². The molecule has 142 valence electrons. The summed E-state index contributed by atoms with van der Waals surface area (Å²) < 4.78 is 21.7. The molecular formula is C20H27NO5. The first-order valence-corrected chi connectivity index (χ1v) is 8.49. The van der Waals surface area contributed by atoms with Crippen LogP contribution in [0.25, 0.3) is 0 Å². The van der Waals surface area contributed by atoms with Crippen molar-refractivity contribution in [1.29, 1.82) is 0 Å². The van der Waals surface area contributed by atoms with Crippen molar-refractivity contribution in [3.05, 3.63) is 60.6 Å². The van der Waals surface area contributed by atoms with Crippen LogP contribution in [0.15, 0.2) is 53.7 Å². The summed E-state index contributed by atoms with van der Waals surface area (Å²) in [5.41, 5.74) is 0.970. The number of hydrogen-bond donors (Lipinski definition) is 1. The minimum absolute atomic E-state index is 0.246. The second kappa shape index (κ2) is 10.7. The van der Waals surface area contributed by atoms with Gasteiger partial charge in [-0.05, 0) is 18.2 Å². The molecule has 0 amide bonds. The molecule has 2 rings (SSSR count). The second-order valence-corrected chi connectivity index (χ2v) is 5.88. The number of nitrogens with zero attached hydrogens (tertiary/aromatic N) is 1. The molecule has 0 saturated carbocycles. The van der Waals surface area contributed by atoms with Gasteiger partial charge in [0, 0.05) is 18.7 Å². The average Bonchev–Trinajstić information content (AvgIpc) is 3.14. The number of benzene rings is 1. The Bertz CT molecular complexity index is 656. The van der Waals surface area contributed by atoms with E-state index in [0.29, 0.717) is 37.7 Å². The fourth-order valence-corrected chi connectivity index (χ4v) is 2.77. The average molecular weight is 361 g/mol. The van der Waals surface area contributed by atoms with E-state index in [1.165, 1.54) is 0 Å². The van der Waals surface area contributed by atoms with Crippen molar-refractivity contribution in [2.24, 2.45) is 0 Å². The Labute approximate surface area is 154 Å². The summed E-state index contributed by atoms with van der Waals surface area (Å²) in [4.78, 5) is 2.08. The van der Waals surface area contributed by atoms with E-state index in [4.69, 9.17) is 18.6 Å². The minimum atomic E-state index is -0.624. The molecule has 0 spiro atoms. The monoisotopic (exact) mass is 361 g/mol. The largest absolute Gasteiger partial charge is 0.493 e. The first-order valence-electron chi connectivity index (χ1n) is 8.49. The Balaban J connectivity index is 2.11. The lowest BCUT2D eigenvalue weighted by molar-refractivity contribution is 0.0214. The number of aliphatic hydroxyl groups is 1. The second-order valence-electron chi connectivity index (χ2n) is 5.88. The van der Waals surface area contributed by atoms with Crippen molar-refractivity contribution in [2.45, 2.75) is 19.2 Å². The van der Waals surface area contributed by atoms with Crippen molar-refractivity contribution in [2.75, 3.05) is 34.0 Å². The molecule has 0 radical (unpaired) electrons. The van der Waals surface area contributed by atoms with Crippen LogP contribution < -0.4 is 9.47 Å². The normalized spacial score (nSPS) is 12.2. The highest BCUT2D eigenvalue weighted by Gasteiger charge is 2.18. The lowest BCUT2D eigenvalue weighted by Gasteiger charge is -2.25. The van der Waals surface area contributed by atoms with E-state index in [9.17, 15) is 5.11 Å². The summed E-state index contributed by atoms with van der Waals surface area (Å²) in [5, 5.41) is 10.3. The number of rotatable bonds is 12. The quantitative estimate of drug-likeness (QED) is 0.463. The predicted octanol–water partition coefficient (Wildman–Crippen LogP) is 2.86. The first-order chi connectivity index (χ1) is 12.7. The highest BCUT2D eigenvalue weighted by atomic mass is 16.5. The van der Waals surface area contributed by atoms with Gasteiger partial charge < -0.3 is 23.7 Å². The van der Waals surface area contributed by atoms with E-state index < -0.39 is 6.10 Å². The zero-order valence-electron chi connectivity index (χ0n) is 15.4. The molecule has 1 heterocycles. The van der Waals surface area contributed by atoms with E-state index >= 15 is 0 Å². The Kier molecular flexibility index (Phi) is 8.21.